The molecule has 0 unspecified atom stereocenters. The normalized spacial score (nSPS) is 11.5. The van der Waals surface area contributed by atoms with Gasteiger partial charge in [-0.05, 0) is 12.5 Å². The van der Waals surface area contributed by atoms with Gasteiger partial charge in [0.05, 0.1) is 5.69 Å². The lowest BCUT2D eigenvalue weighted by atomic mass is 9.97. The molecule has 4 heteroatoms. The first-order valence-electron chi connectivity index (χ1n) is 7.63. The first kappa shape index (κ1) is 16.3. The maximum absolute atomic E-state index is 11.9. The summed E-state index contributed by atoms with van der Waals surface area (Å²) in [6, 6.07) is 9.89. The summed E-state index contributed by atoms with van der Waals surface area (Å²) in [4.78, 5) is 16.4. The van der Waals surface area contributed by atoms with Crippen LogP contribution in [0.25, 0.3) is 0 Å². The minimum Gasteiger partial charge on any atom is -0.445 e. The standard InChI is InChI=1S/C18H24N2O2/c1-13-15(22-17(20-13)18(2,3)4)10-11-16(21)19-12-14-8-6-5-7-9-14/h5-9H,10-12H2,1-4H3,(H,19,21). The Bertz CT molecular complexity index is 624. The molecule has 2 rings (SSSR count). The number of hydrogen-bond acceptors (Lipinski definition) is 3. The van der Waals surface area contributed by atoms with Crippen LogP contribution in [0.4, 0.5) is 0 Å². The van der Waals surface area contributed by atoms with Crippen molar-refractivity contribution < 1.29 is 9.21 Å². The number of nitrogens with zero attached hydrogens (tertiary/aromatic N) is 1. The molecule has 22 heavy (non-hydrogen) atoms. The molecule has 0 saturated carbocycles. The van der Waals surface area contributed by atoms with Crippen LogP contribution in [0, 0.1) is 6.92 Å². The lowest BCUT2D eigenvalue weighted by Crippen LogP contribution is -2.22. The second kappa shape index (κ2) is 6.77. The second-order valence-corrected chi connectivity index (χ2v) is 6.54. The third kappa shape index (κ3) is 4.45. The molecule has 0 aliphatic heterocycles. The Kier molecular flexibility index (Phi) is 5.01. The highest BCUT2D eigenvalue weighted by Gasteiger charge is 2.22. The Hall–Kier alpha value is -2.10. The highest BCUT2D eigenvalue weighted by molar-refractivity contribution is 5.76. The summed E-state index contributed by atoms with van der Waals surface area (Å²) in [6.45, 7) is 8.68. The smallest absolute Gasteiger partial charge is 0.220 e. The van der Waals surface area contributed by atoms with Crippen molar-refractivity contribution in [2.75, 3.05) is 0 Å². The number of oxazole rings is 1. The summed E-state index contributed by atoms with van der Waals surface area (Å²) >= 11 is 0. The molecule has 0 atom stereocenters. The van der Waals surface area contributed by atoms with Crippen LogP contribution in [0.15, 0.2) is 34.7 Å². The molecule has 2 aromatic rings. The average Bonchev–Trinajstić information content (AvgIpc) is 2.85. The predicted molar refractivity (Wildman–Crippen MR) is 86.5 cm³/mol. The molecule has 1 aromatic heterocycles. The molecular formula is C18H24N2O2. The van der Waals surface area contributed by atoms with Gasteiger partial charge in [0, 0.05) is 24.8 Å². The first-order chi connectivity index (χ1) is 10.4. The van der Waals surface area contributed by atoms with Crippen LogP contribution in [0.3, 0.4) is 0 Å². The number of nitrogens with one attached hydrogen (secondary N) is 1. The number of rotatable bonds is 5. The van der Waals surface area contributed by atoms with Crippen molar-refractivity contribution in [3.05, 3.63) is 53.2 Å². The first-order valence-corrected chi connectivity index (χ1v) is 7.63. The highest BCUT2D eigenvalue weighted by Crippen LogP contribution is 2.24. The third-order valence-electron chi connectivity index (χ3n) is 3.45. The molecule has 4 nitrogen and oxygen atoms in total. The van der Waals surface area contributed by atoms with Crippen LogP contribution in [0.1, 0.15) is 50.1 Å². The fourth-order valence-corrected chi connectivity index (χ4v) is 2.09. The Morgan fingerprint density at radius 3 is 2.50 bits per heavy atom. The molecule has 1 amide bonds. The monoisotopic (exact) mass is 300 g/mol. The van der Waals surface area contributed by atoms with Crippen molar-refractivity contribution in [2.45, 2.75) is 52.5 Å². The molecule has 0 aliphatic rings. The van der Waals surface area contributed by atoms with Crippen molar-refractivity contribution in [2.24, 2.45) is 0 Å². The number of aromatic nitrogens is 1. The van der Waals surface area contributed by atoms with E-state index in [9.17, 15) is 4.79 Å². The van der Waals surface area contributed by atoms with Gasteiger partial charge >= 0.3 is 0 Å². The van der Waals surface area contributed by atoms with Gasteiger partial charge in [0.2, 0.25) is 5.91 Å². The summed E-state index contributed by atoms with van der Waals surface area (Å²) in [5, 5.41) is 2.92. The maximum Gasteiger partial charge on any atom is 0.220 e. The zero-order chi connectivity index (χ0) is 16.2. The van der Waals surface area contributed by atoms with E-state index in [0.717, 1.165) is 22.9 Å². The predicted octanol–water partition coefficient (Wildman–Crippen LogP) is 3.53. The Morgan fingerprint density at radius 2 is 1.91 bits per heavy atom. The van der Waals surface area contributed by atoms with Crippen LogP contribution < -0.4 is 5.32 Å². The van der Waals surface area contributed by atoms with Crippen molar-refractivity contribution in [1.82, 2.24) is 10.3 Å². The van der Waals surface area contributed by atoms with E-state index in [0.29, 0.717) is 19.4 Å². The average molecular weight is 300 g/mol. The SMILES string of the molecule is Cc1nc(C(C)(C)C)oc1CCC(=O)NCc1ccccc1. The van der Waals surface area contributed by atoms with Crippen molar-refractivity contribution >= 4 is 5.91 Å². The summed E-state index contributed by atoms with van der Waals surface area (Å²) < 4.78 is 5.80. The highest BCUT2D eigenvalue weighted by atomic mass is 16.4. The zero-order valence-electron chi connectivity index (χ0n) is 13.8. The largest absolute Gasteiger partial charge is 0.445 e. The van der Waals surface area contributed by atoms with Gasteiger partial charge in [0.1, 0.15) is 5.76 Å². The molecule has 118 valence electrons. The molecule has 1 aromatic carbocycles. The van der Waals surface area contributed by atoms with E-state index < -0.39 is 0 Å². The van der Waals surface area contributed by atoms with Gasteiger partial charge < -0.3 is 9.73 Å². The van der Waals surface area contributed by atoms with E-state index >= 15 is 0 Å². The van der Waals surface area contributed by atoms with Gasteiger partial charge in [-0.25, -0.2) is 4.98 Å². The second-order valence-electron chi connectivity index (χ2n) is 6.54. The van der Waals surface area contributed by atoms with E-state index in [4.69, 9.17) is 4.42 Å². The Labute approximate surface area is 131 Å². The van der Waals surface area contributed by atoms with E-state index in [1.165, 1.54) is 0 Å². The molecule has 1 heterocycles. The minimum absolute atomic E-state index is 0.0250. The summed E-state index contributed by atoms with van der Waals surface area (Å²) in [5.74, 6) is 1.56. The molecule has 0 spiro atoms. The van der Waals surface area contributed by atoms with Crippen LogP contribution in [-0.4, -0.2) is 10.9 Å². The molecular weight excluding hydrogens is 276 g/mol. The molecule has 0 aliphatic carbocycles. The summed E-state index contributed by atoms with van der Waals surface area (Å²) in [6.07, 6.45) is 0.988. The van der Waals surface area contributed by atoms with Gasteiger partial charge in [-0.2, -0.15) is 0 Å². The van der Waals surface area contributed by atoms with Crippen LogP contribution in [0.5, 0.6) is 0 Å². The number of carbonyl (C=O) groups excluding carboxylic acids is 1. The molecule has 1 N–H and O–H groups in total. The lowest BCUT2D eigenvalue weighted by molar-refractivity contribution is -0.121. The van der Waals surface area contributed by atoms with E-state index in [1.807, 2.05) is 37.3 Å². The van der Waals surface area contributed by atoms with E-state index in [-0.39, 0.29) is 11.3 Å². The van der Waals surface area contributed by atoms with Gasteiger partial charge in [-0.15, -0.1) is 0 Å². The number of amides is 1. The van der Waals surface area contributed by atoms with Crippen LogP contribution >= 0.6 is 0 Å². The Balaban J connectivity index is 1.85. The zero-order valence-corrected chi connectivity index (χ0v) is 13.8. The van der Waals surface area contributed by atoms with Gasteiger partial charge in [0.25, 0.3) is 0 Å². The van der Waals surface area contributed by atoms with Gasteiger partial charge in [0.15, 0.2) is 5.89 Å². The quantitative estimate of drug-likeness (QED) is 0.919. The van der Waals surface area contributed by atoms with Crippen molar-refractivity contribution in [1.29, 1.82) is 0 Å². The van der Waals surface area contributed by atoms with Gasteiger partial charge in [-0.1, -0.05) is 51.1 Å². The van der Waals surface area contributed by atoms with E-state index in [1.54, 1.807) is 0 Å². The number of benzene rings is 1. The fourth-order valence-electron chi connectivity index (χ4n) is 2.09. The number of carbonyl (C=O) groups is 1. The summed E-state index contributed by atoms with van der Waals surface area (Å²) in [7, 11) is 0. The molecule has 0 radical (unpaired) electrons. The third-order valence-corrected chi connectivity index (χ3v) is 3.45. The van der Waals surface area contributed by atoms with Crippen molar-refractivity contribution in [3.63, 3.8) is 0 Å². The molecule has 0 saturated heterocycles. The van der Waals surface area contributed by atoms with Crippen LogP contribution in [0.2, 0.25) is 0 Å². The minimum atomic E-state index is -0.113. The number of aryl methyl sites for hydroxylation is 2. The molecule has 0 fully saturated rings. The Morgan fingerprint density at radius 1 is 1.23 bits per heavy atom. The summed E-state index contributed by atoms with van der Waals surface area (Å²) in [5.41, 5.74) is 1.86. The molecule has 0 bridgehead atoms. The van der Waals surface area contributed by atoms with Gasteiger partial charge in [-0.3, -0.25) is 4.79 Å². The van der Waals surface area contributed by atoms with Crippen LogP contribution in [-0.2, 0) is 23.2 Å². The topological polar surface area (TPSA) is 55.1 Å². The fraction of sp³-hybridized carbons (Fsp3) is 0.444. The lowest BCUT2D eigenvalue weighted by Gasteiger charge is -2.12. The van der Waals surface area contributed by atoms with Crippen molar-refractivity contribution in [3.8, 4) is 0 Å². The van der Waals surface area contributed by atoms with E-state index in [2.05, 4.69) is 31.1 Å². The number of hydrogen-bond donors (Lipinski definition) is 1. The maximum atomic E-state index is 11.9.